The van der Waals surface area contributed by atoms with Crippen molar-refractivity contribution in [2.75, 3.05) is 11.8 Å². The summed E-state index contributed by atoms with van der Waals surface area (Å²) in [5.41, 5.74) is 2.78. The van der Waals surface area contributed by atoms with E-state index in [1.54, 1.807) is 23.0 Å². The quantitative estimate of drug-likeness (QED) is 0.450. The highest BCUT2D eigenvalue weighted by molar-refractivity contribution is 7.92. The number of methoxy groups -OCH3 is 1. The number of aromatic nitrogens is 2. The Morgan fingerprint density at radius 2 is 1.90 bits per heavy atom. The van der Waals surface area contributed by atoms with Gasteiger partial charge < -0.3 is 4.74 Å². The summed E-state index contributed by atoms with van der Waals surface area (Å²) in [6.07, 6.45) is 1.58. The van der Waals surface area contributed by atoms with Gasteiger partial charge in [-0.25, -0.2) is 8.42 Å². The maximum Gasteiger partial charge on any atom is 0.265 e. The molecule has 4 aromatic rings. The predicted octanol–water partition coefficient (Wildman–Crippen LogP) is 4.78. The lowest BCUT2D eigenvalue weighted by atomic mass is 10.2. The van der Waals surface area contributed by atoms with Crippen LogP contribution in [0.4, 0.5) is 5.69 Å². The Morgan fingerprint density at radius 3 is 2.60 bits per heavy atom. The average molecular weight is 440 g/mol. The van der Waals surface area contributed by atoms with Crippen molar-refractivity contribution in [1.29, 1.82) is 0 Å². The minimum absolute atomic E-state index is 0.129. The summed E-state index contributed by atoms with van der Waals surface area (Å²) in [5.74, 6) is 0.457. The van der Waals surface area contributed by atoms with Crippen molar-refractivity contribution >= 4 is 27.0 Å². The molecule has 0 amide bonds. The first kappa shape index (κ1) is 20.2. The van der Waals surface area contributed by atoms with Gasteiger partial charge in [0.1, 0.15) is 16.3 Å². The monoisotopic (exact) mass is 439 g/mol. The number of rotatable bonds is 7. The van der Waals surface area contributed by atoms with Crippen LogP contribution < -0.4 is 9.46 Å². The summed E-state index contributed by atoms with van der Waals surface area (Å²) in [7, 11) is -2.39. The highest BCUT2D eigenvalue weighted by Crippen LogP contribution is 2.33. The van der Waals surface area contributed by atoms with Crippen LogP contribution in [0, 0.1) is 6.92 Å². The zero-order valence-electron chi connectivity index (χ0n) is 16.6. The van der Waals surface area contributed by atoms with Crippen molar-refractivity contribution in [3.05, 3.63) is 83.4 Å². The van der Waals surface area contributed by atoms with Crippen LogP contribution in [-0.2, 0) is 16.6 Å². The number of anilines is 1. The van der Waals surface area contributed by atoms with E-state index in [0.29, 0.717) is 23.7 Å². The molecule has 154 valence electrons. The maximum absolute atomic E-state index is 13.3. The number of thiophene rings is 1. The van der Waals surface area contributed by atoms with Crippen LogP contribution in [0.5, 0.6) is 5.75 Å². The lowest BCUT2D eigenvalue weighted by Gasteiger charge is -2.12. The fraction of sp³-hybridized carbons (Fsp3) is 0.136. The molecule has 0 saturated carbocycles. The Balaban J connectivity index is 1.75. The van der Waals surface area contributed by atoms with Crippen molar-refractivity contribution in [3.63, 3.8) is 0 Å². The Hall–Kier alpha value is -3.10. The van der Waals surface area contributed by atoms with Crippen LogP contribution in [0.15, 0.2) is 77.1 Å². The number of hydrogen-bond donors (Lipinski definition) is 1. The third-order valence-corrected chi connectivity index (χ3v) is 6.80. The molecule has 0 fully saturated rings. The Labute approximate surface area is 179 Å². The van der Waals surface area contributed by atoms with Crippen molar-refractivity contribution in [3.8, 4) is 16.3 Å². The second kappa shape index (κ2) is 8.33. The van der Waals surface area contributed by atoms with Gasteiger partial charge in [0.25, 0.3) is 10.0 Å². The molecule has 30 heavy (non-hydrogen) atoms. The number of aryl methyl sites for hydroxylation is 1. The van der Waals surface area contributed by atoms with E-state index in [0.717, 1.165) is 16.0 Å². The summed E-state index contributed by atoms with van der Waals surface area (Å²) < 4.78 is 36.4. The van der Waals surface area contributed by atoms with Gasteiger partial charge in [0.05, 0.1) is 24.2 Å². The number of nitrogens with zero attached hydrogens (tertiary/aromatic N) is 2. The molecule has 8 heteroatoms. The van der Waals surface area contributed by atoms with Gasteiger partial charge >= 0.3 is 0 Å². The SMILES string of the molecule is COc1ccc(C)cc1NS(=O)(=O)c1cn(Cc2ccccc2)nc1-c1cccs1. The number of hydrogen-bond acceptors (Lipinski definition) is 5. The predicted molar refractivity (Wildman–Crippen MR) is 120 cm³/mol. The molecule has 0 aliphatic carbocycles. The van der Waals surface area contributed by atoms with E-state index in [4.69, 9.17) is 4.74 Å². The molecular weight excluding hydrogens is 418 g/mol. The number of nitrogens with one attached hydrogen (secondary N) is 1. The zero-order chi connectivity index (χ0) is 21.1. The van der Waals surface area contributed by atoms with E-state index in [1.807, 2.05) is 60.8 Å². The van der Waals surface area contributed by atoms with Crippen molar-refractivity contribution in [2.45, 2.75) is 18.4 Å². The highest BCUT2D eigenvalue weighted by Gasteiger charge is 2.25. The number of sulfonamides is 1. The fourth-order valence-electron chi connectivity index (χ4n) is 3.14. The first-order chi connectivity index (χ1) is 14.5. The molecule has 4 rings (SSSR count). The molecule has 0 bridgehead atoms. The van der Waals surface area contributed by atoms with E-state index in [1.165, 1.54) is 18.4 Å². The fourth-order valence-corrected chi connectivity index (χ4v) is 5.15. The van der Waals surface area contributed by atoms with Gasteiger partial charge in [-0.1, -0.05) is 42.5 Å². The summed E-state index contributed by atoms with van der Waals surface area (Å²) in [6, 6.07) is 18.9. The molecule has 0 unspecified atom stereocenters. The van der Waals surface area contributed by atoms with Gasteiger partial charge in [-0.2, -0.15) is 5.10 Å². The largest absolute Gasteiger partial charge is 0.495 e. The van der Waals surface area contributed by atoms with E-state index in [-0.39, 0.29) is 4.90 Å². The average Bonchev–Trinajstić information content (AvgIpc) is 3.39. The van der Waals surface area contributed by atoms with Crippen molar-refractivity contribution < 1.29 is 13.2 Å². The highest BCUT2D eigenvalue weighted by atomic mass is 32.2. The summed E-state index contributed by atoms with van der Waals surface area (Å²) in [5, 5.41) is 6.49. The van der Waals surface area contributed by atoms with Crippen LogP contribution in [-0.4, -0.2) is 25.3 Å². The van der Waals surface area contributed by atoms with E-state index < -0.39 is 10.0 Å². The van der Waals surface area contributed by atoms with Gasteiger partial charge in [0.2, 0.25) is 0 Å². The summed E-state index contributed by atoms with van der Waals surface area (Å²) >= 11 is 1.45. The lowest BCUT2D eigenvalue weighted by molar-refractivity contribution is 0.417. The second-order valence-electron chi connectivity index (χ2n) is 6.81. The minimum atomic E-state index is -3.90. The number of ether oxygens (including phenoxy) is 1. The van der Waals surface area contributed by atoms with Crippen LogP contribution in [0.3, 0.4) is 0 Å². The summed E-state index contributed by atoms with van der Waals surface area (Å²) in [4.78, 5) is 0.919. The molecule has 6 nitrogen and oxygen atoms in total. The molecule has 1 N–H and O–H groups in total. The van der Waals surface area contributed by atoms with Gasteiger partial charge in [-0.05, 0) is 41.6 Å². The molecule has 0 saturated heterocycles. The topological polar surface area (TPSA) is 73.2 Å². The van der Waals surface area contributed by atoms with E-state index >= 15 is 0 Å². The molecule has 0 radical (unpaired) electrons. The normalized spacial score (nSPS) is 11.4. The van der Waals surface area contributed by atoms with Crippen molar-refractivity contribution in [2.24, 2.45) is 0 Å². The minimum Gasteiger partial charge on any atom is -0.495 e. The second-order valence-corrected chi connectivity index (χ2v) is 9.41. The molecule has 0 aliphatic heterocycles. The Kier molecular flexibility index (Phi) is 5.61. The molecule has 2 heterocycles. The van der Waals surface area contributed by atoms with Crippen LogP contribution >= 0.6 is 11.3 Å². The Bertz CT molecular complexity index is 1250. The lowest BCUT2D eigenvalue weighted by Crippen LogP contribution is -2.14. The van der Waals surface area contributed by atoms with E-state index in [2.05, 4.69) is 9.82 Å². The van der Waals surface area contributed by atoms with Gasteiger partial charge in [0.15, 0.2) is 0 Å². The van der Waals surface area contributed by atoms with Crippen LogP contribution in [0.2, 0.25) is 0 Å². The molecule has 0 aliphatic rings. The summed E-state index contributed by atoms with van der Waals surface area (Å²) in [6.45, 7) is 2.37. The van der Waals surface area contributed by atoms with Crippen LogP contribution in [0.25, 0.3) is 10.6 Å². The standard InChI is InChI=1S/C22H21N3O3S2/c1-16-10-11-19(28-2)18(13-16)24-30(26,27)21-15-25(14-17-7-4-3-5-8-17)23-22(21)20-9-6-12-29-20/h3-13,15,24H,14H2,1-2H3. The number of benzene rings is 2. The molecule has 2 aromatic carbocycles. The first-order valence-electron chi connectivity index (χ1n) is 9.29. The van der Waals surface area contributed by atoms with Gasteiger partial charge in [0, 0.05) is 6.20 Å². The molecular formula is C22H21N3O3S2. The molecule has 0 spiro atoms. The first-order valence-corrected chi connectivity index (χ1v) is 11.7. The van der Waals surface area contributed by atoms with Gasteiger partial charge in [-0.15, -0.1) is 11.3 Å². The van der Waals surface area contributed by atoms with Crippen molar-refractivity contribution in [1.82, 2.24) is 9.78 Å². The third-order valence-electron chi connectivity index (χ3n) is 4.56. The van der Waals surface area contributed by atoms with Gasteiger partial charge in [-0.3, -0.25) is 9.40 Å². The Morgan fingerprint density at radius 1 is 1.10 bits per heavy atom. The van der Waals surface area contributed by atoms with E-state index in [9.17, 15) is 8.42 Å². The molecule has 0 atom stereocenters. The maximum atomic E-state index is 13.3. The van der Waals surface area contributed by atoms with Crippen LogP contribution in [0.1, 0.15) is 11.1 Å². The third kappa shape index (κ3) is 4.24. The molecule has 2 aromatic heterocycles. The zero-order valence-corrected chi connectivity index (χ0v) is 18.2. The smallest absolute Gasteiger partial charge is 0.265 e.